The molecule has 0 radical (unpaired) electrons. The van der Waals surface area contributed by atoms with Gasteiger partial charge < -0.3 is 20.5 Å². The van der Waals surface area contributed by atoms with Crippen LogP contribution in [0.3, 0.4) is 0 Å². The molecule has 1 aromatic heterocycles. The van der Waals surface area contributed by atoms with E-state index in [-0.39, 0.29) is 35.4 Å². The summed E-state index contributed by atoms with van der Waals surface area (Å²) in [5.74, 6) is -0.944. The summed E-state index contributed by atoms with van der Waals surface area (Å²) in [6.07, 6.45) is 5.65. The van der Waals surface area contributed by atoms with Crippen LogP contribution >= 0.6 is 0 Å². The maximum atomic E-state index is 13.8. The summed E-state index contributed by atoms with van der Waals surface area (Å²) in [5, 5.41) is 5.82. The summed E-state index contributed by atoms with van der Waals surface area (Å²) in [5.41, 5.74) is 5.93. The summed E-state index contributed by atoms with van der Waals surface area (Å²) in [6, 6.07) is 4.28. The molecule has 0 spiro atoms. The zero-order valence-electron chi connectivity index (χ0n) is 20.3. The first-order chi connectivity index (χ1) is 16.7. The monoisotopic (exact) mass is 478 g/mol. The Morgan fingerprint density at radius 3 is 2.89 bits per heavy atom. The van der Waals surface area contributed by atoms with Crippen molar-refractivity contribution in [3.63, 3.8) is 0 Å². The fraction of sp³-hybridized carbons (Fsp3) is 0.370. The number of halogens is 1. The van der Waals surface area contributed by atoms with E-state index in [2.05, 4.69) is 22.2 Å². The van der Waals surface area contributed by atoms with E-state index < -0.39 is 0 Å². The number of carbonyl (C=O) groups excluding carboxylic acids is 3. The molecule has 4 rings (SSSR count). The van der Waals surface area contributed by atoms with Gasteiger partial charge in [-0.15, -0.1) is 0 Å². The zero-order chi connectivity index (χ0) is 25.3. The van der Waals surface area contributed by atoms with Gasteiger partial charge in [-0.25, -0.2) is 4.39 Å². The molecule has 184 valence electrons. The highest BCUT2D eigenvalue weighted by atomic mass is 19.1. The number of H-pyrrole nitrogens is 1. The first kappa shape index (κ1) is 24.4. The van der Waals surface area contributed by atoms with Gasteiger partial charge in [-0.05, 0) is 73.6 Å². The molecule has 2 atom stereocenters. The van der Waals surface area contributed by atoms with Crippen LogP contribution in [0.4, 0.5) is 10.1 Å². The quantitative estimate of drug-likeness (QED) is 0.532. The van der Waals surface area contributed by atoms with E-state index in [0.717, 1.165) is 36.2 Å². The van der Waals surface area contributed by atoms with Crippen molar-refractivity contribution in [2.75, 3.05) is 25.5 Å². The van der Waals surface area contributed by atoms with Gasteiger partial charge >= 0.3 is 0 Å². The molecule has 2 aromatic rings. The standard InChI is InChI=1S/C27H31FN4O3/c1-5-25(33)32(4)14-15(2)26(34)29-13-17-6-8-19-16(3)23(30-24(19)10-17)12-21-20-11-18(28)7-9-22(20)31-27(21)35/h5,7,9,11-12,15,17,30H,1,6,8,10,13-14H2,2-4H3,(H,29,34)(H,31,35)/b21-12-/t15-,17+/m1/s1. The van der Waals surface area contributed by atoms with Crippen LogP contribution in [0.25, 0.3) is 11.6 Å². The maximum Gasteiger partial charge on any atom is 0.256 e. The number of nitrogens with zero attached hydrogens (tertiary/aromatic N) is 1. The van der Waals surface area contributed by atoms with Gasteiger partial charge in [-0.2, -0.15) is 0 Å². The van der Waals surface area contributed by atoms with Crippen molar-refractivity contribution in [3.05, 3.63) is 64.7 Å². The molecule has 0 saturated carbocycles. The minimum absolute atomic E-state index is 0.0780. The molecule has 7 nitrogen and oxygen atoms in total. The van der Waals surface area contributed by atoms with E-state index >= 15 is 0 Å². The molecular weight excluding hydrogens is 447 g/mol. The molecule has 35 heavy (non-hydrogen) atoms. The van der Waals surface area contributed by atoms with Crippen molar-refractivity contribution in [2.45, 2.75) is 33.1 Å². The van der Waals surface area contributed by atoms with Gasteiger partial charge in [0.15, 0.2) is 0 Å². The Hall–Kier alpha value is -3.68. The second-order valence-corrected chi connectivity index (χ2v) is 9.50. The van der Waals surface area contributed by atoms with Gasteiger partial charge in [0.1, 0.15) is 5.82 Å². The molecule has 1 aliphatic heterocycles. The molecule has 2 heterocycles. The van der Waals surface area contributed by atoms with Crippen LogP contribution in [-0.4, -0.2) is 47.7 Å². The van der Waals surface area contributed by atoms with E-state index in [9.17, 15) is 18.8 Å². The minimum Gasteiger partial charge on any atom is -0.358 e. The molecule has 3 amide bonds. The van der Waals surface area contributed by atoms with Crippen molar-refractivity contribution >= 4 is 35.1 Å². The minimum atomic E-state index is -0.383. The Balaban J connectivity index is 1.42. The maximum absolute atomic E-state index is 13.8. The summed E-state index contributed by atoms with van der Waals surface area (Å²) in [7, 11) is 1.65. The molecule has 8 heteroatoms. The highest BCUT2D eigenvalue weighted by molar-refractivity contribution is 6.34. The Bertz CT molecular complexity index is 1230. The molecule has 2 aliphatic rings. The lowest BCUT2D eigenvalue weighted by atomic mass is 9.86. The third-order valence-electron chi connectivity index (χ3n) is 6.97. The second kappa shape index (κ2) is 9.90. The number of rotatable bonds is 7. The van der Waals surface area contributed by atoms with Crippen LogP contribution in [0, 0.1) is 24.6 Å². The molecule has 0 bridgehead atoms. The van der Waals surface area contributed by atoms with Gasteiger partial charge in [-0.3, -0.25) is 14.4 Å². The normalized spacial score (nSPS) is 18.5. The average Bonchev–Trinajstić information content (AvgIpc) is 3.32. The van der Waals surface area contributed by atoms with Gasteiger partial charge in [0.2, 0.25) is 11.8 Å². The smallest absolute Gasteiger partial charge is 0.256 e. The Morgan fingerprint density at radius 2 is 2.14 bits per heavy atom. The topological polar surface area (TPSA) is 94.3 Å². The number of fused-ring (bicyclic) bond motifs is 2. The van der Waals surface area contributed by atoms with Gasteiger partial charge in [0.25, 0.3) is 5.91 Å². The van der Waals surface area contributed by atoms with Gasteiger partial charge in [0.05, 0.1) is 11.5 Å². The van der Waals surface area contributed by atoms with Crippen LogP contribution in [-0.2, 0) is 27.2 Å². The number of hydrogen-bond donors (Lipinski definition) is 3. The molecular formula is C27H31FN4O3. The van der Waals surface area contributed by atoms with E-state index in [1.807, 2.05) is 6.92 Å². The van der Waals surface area contributed by atoms with Crippen molar-refractivity contribution in [1.82, 2.24) is 15.2 Å². The lowest BCUT2D eigenvalue weighted by Crippen LogP contribution is -2.40. The SMILES string of the molecule is C=CC(=O)N(C)C[C@@H](C)C(=O)NC[C@H]1CCc2c([nH]c(/C=C3\C(=O)Nc4ccc(F)cc43)c2C)C1. The van der Waals surface area contributed by atoms with Crippen LogP contribution in [0.15, 0.2) is 30.9 Å². The van der Waals surface area contributed by atoms with Crippen LogP contribution in [0.2, 0.25) is 0 Å². The molecule has 0 saturated heterocycles. The predicted molar refractivity (Wildman–Crippen MR) is 134 cm³/mol. The number of benzene rings is 1. The highest BCUT2D eigenvalue weighted by Gasteiger charge is 2.28. The van der Waals surface area contributed by atoms with Crippen molar-refractivity contribution in [3.8, 4) is 0 Å². The van der Waals surface area contributed by atoms with Crippen molar-refractivity contribution < 1.29 is 18.8 Å². The van der Waals surface area contributed by atoms with Crippen LogP contribution in [0.5, 0.6) is 0 Å². The largest absolute Gasteiger partial charge is 0.358 e. The molecule has 0 unspecified atom stereocenters. The highest BCUT2D eigenvalue weighted by Crippen LogP contribution is 2.36. The first-order valence-electron chi connectivity index (χ1n) is 11.9. The van der Waals surface area contributed by atoms with E-state index in [4.69, 9.17) is 0 Å². The van der Waals surface area contributed by atoms with Gasteiger partial charge in [0, 0.05) is 42.8 Å². The molecule has 1 aliphatic carbocycles. The Morgan fingerprint density at radius 1 is 1.37 bits per heavy atom. The summed E-state index contributed by atoms with van der Waals surface area (Å²) >= 11 is 0. The fourth-order valence-electron chi connectivity index (χ4n) is 4.90. The first-order valence-corrected chi connectivity index (χ1v) is 11.9. The Labute approximate surface area is 204 Å². The molecule has 3 N–H and O–H groups in total. The number of aromatic nitrogens is 1. The number of nitrogens with one attached hydrogen (secondary N) is 3. The van der Waals surface area contributed by atoms with E-state index in [1.165, 1.54) is 28.7 Å². The van der Waals surface area contributed by atoms with Crippen molar-refractivity contribution in [2.24, 2.45) is 11.8 Å². The third kappa shape index (κ3) is 5.06. The number of anilines is 1. The third-order valence-corrected chi connectivity index (χ3v) is 6.97. The molecule has 0 fully saturated rings. The fourth-order valence-corrected chi connectivity index (χ4v) is 4.90. The van der Waals surface area contributed by atoms with Crippen LogP contribution < -0.4 is 10.6 Å². The second-order valence-electron chi connectivity index (χ2n) is 9.50. The Kier molecular flexibility index (Phi) is 6.91. The van der Waals surface area contributed by atoms with E-state index in [1.54, 1.807) is 26.1 Å². The van der Waals surface area contributed by atoms with Crippen molar-refractivity contribution in [1.29, 1.82) is 0 Å². The predicted octanol–water partition coefficient (Wildman–Crippen LogP) is 3.46. The number of aromatic amines is 1. The lowest BCUT2D eigenvalue weighted by Gasteiger charge is -2.24. The van der Waals surface area contributed by atoms with Gasteiger partial charge in [-0.1, -0.05) is 13.5 Å². The van der Waals surface area contributed by atoms with E-state index in [0.29, 0.717) is 29.9 Å². The summed E-state index contributed by atoms with van der Waals surface area (Å²) < 4.78 is 13.8. The average molecular weight is 479 g/mol. The van der Waals surface area contributed by atoms with Crippen LogP contribution in [0.1, 0.15) is 41.4 Å². The number of amides is 3. The lowest BCUT2D eigenvalue weighted by molar-refractivity contribution is -0.128. The number of hydrogen-bond acceptors (Lipinski definition) is 3. The summed E-state index contributed by atoms with van der Waals surface area (Å²) in [4.78, 5) is 41.6. The zero-order valence-corrected chi connectivity index (χ0v) is 20.3. The number of likely N-dealkylation sites (N-methyl/N-ethyl adjacent to an activating group) is 1. The summed E-state index contributed by atoms with van der Waals surface area (Å²) in [6.45, 7) is 8.20. The molecule has 1 aromatic carbocycles. The number of carbonyl (C=O) groups is 3.